The molecule has 7 heteroatoms. The van der Waals surface area contributed by atoms with Crippen molar-refractivity contribution in [1.29, 1.82) is 0 Å². The summed E-state index contributed by atoms with van der Waals surface area (Å²) in [6.45, 7) is 5.67. The summed E-state index contributed by atoms with van der Waals surface area (Å²) in [5.74, 6) is 1.44. The fourth-order valence-electron chi connectivity index (χ4n) is 2.13. The quantitative estimate of drug-likeness (QED) is 0.672. The fourth-order valence-corrected chi connectivity index (χ4v) is 2.63. The second kappa shape index (κ2) is 12.2. The maximum Gasteiger partial charge on any atom is 0.256 e. The molecular weight excluding hydrogens is 414 g/mol. The molecule has 0 saturated heterocycles. The van der Waals surface area contributed by atoms with Gasteiger partial charge in [0, 0.05) is 29.4 Å². The Bertz CT molecular complexity index is 734. The Morgan fingerprint density at radius 3 is 2.11 bits per heavy atom. The van der Waals surface area contributed by atoms with Gasteiger partial charge in [-0.3, -0.25) is 4.79 Å². The highest BCUT2D eigenvalue weighted by Crippen LogP contribution is 2.33. The van der Waals surface area contributed by atoms with Gasteiger partial charge in [-0.15, -0.1) is 0 Å². The van der Waals surface area contributed by atoms with Gasteiger partial charge in [0.15, 0.2) is 11.5 Å². The molecule has 0 unspecified atom stereocenters. The predicted molar refractivity (Wildman–Crippen MR) is 110 cm³/mol. The summed E-state index contributed by atoms with van der Waals surface area (Å²) in [6, 6.07) is 10.5. The number of benzene rings is 2. The van der Waals surface area contributed by atoms with Gasteiger partial charge in [0.1, 0.15) is 5.75 Å². The zero-order chi connectivity index (χ0) is 20.2. The first kappa shape index (κ1) is 22.8. The van der Waals surface area contributed by atoms with Crippen LogP contribution in [0.3, 0.4) is 0 Å². The molecule has 0 heterocycles. The lowest BCUT2D eigenvalue weighted by atomic mass is 10.1. The van der Waals surface area contributed by atoms with Crippen LogP contribution in [0.4, 0.5) is 5.69 Å². The molecule has 0 aromatic heterocycles. The summed E-state index contributed by atoms with van der Waals surface area (Å²) in [6.07, 6.45) is 0. The molecular formula is C20H26BrNO5. The molecule has 6 nitrogen and oxygen atoms in total. The van der Waals surface area contributed by atoms with E-state index in [1.807, 2.05) is 19.9 Å². The van der Waals surface area contributed by atoms with E-state index in [9.17, 15) is 4.79 Å². The van der Waals surface area contributed by atoms with E-state index in [0.717, 1.165) is 13.2 Å². The number of carbonyl (C=O) groups is 1. The summed E-state index contributed by atoms with van der Waals surface area (Å²) >= 11 is 3.37. The Balaban J connectivity index is 0.000000646. The normalized spacial score (nSPS) is 9.70. The Kier molecular flexibility index (Phi) is 10.3. The zero-order valence-electron chi connectivity index (χ0n) is 16.3. The van der Waals surface area contributed by atoms with Crippen LogP contribution in [0.1, 0.15) is 24.2 Å². The summed E-state index contributed by atoms with van der Waals surface area (Å²) in [5, 5.41) is 2.82. The lowest BCUT2D eigenvalue weighted by Gasteiger charge is -2.12. The standard InChI is InChI=1S/C16H16BrNO4.C4H10O/c1-20-11-6-4-5-10(7-11)18-16(19)12-8-14(21-2)15(22-3)9-13(12)17;1-3-5-4-2/h4-9H,1-3H3,(H,18,19);3-4H2,1-2H3. The Morgan fingerprint density at radius 2 is 1.59 bits per heavy atom. The summed E-state index contributed by atoms with van der Waals surface area (Å²) in [7, 11) is 4.64. The van der Waals surface area contributed by atoms with E-state index in [0.29, 0.717) is 33.0 Å². The van der Waals surface area contributed by atoms with Gasteiger partial charge in [0.05, 0.1) is 26.9 Å². The molecule has 0 atom stereocenters. The molecule has 0 aliphatic heterocycles. The van der Waals surface area contributed by atoms with Gasteiger partial charge in [-0.25, -0.2) is 0 Å². The molecule has 1 N–H and O–H groups in total. The monoisotopic (exact) mass is 439 g/mol. The number of methoxy groups -OCH3 is 3. The van der Waals surface area contributed by atoms with Gasteiger partial charge in [0.25, 0.3) is 5.91 Å². The second-order valence-electron chi connectivity index (χ2n) is 5.15. The van der Waals surface area contributed by atoms with Gasteiger partial charge >= 0.3 is 0 Å². The van der Waals surface area contributed by atoms with Crippen molar-refractivity contribution in [3.8, 4) is 17.2 Å². The Labute approximate surface area is 168 Å². The number of amides is 1. The third-order valence-corrected chi connectivity index (χ3v) is 4.11. The maximum atomic E-state index is 12.4. The van der Waals surface area contributed by atoms with E-state index in [-0.39, 0.29) is 5.91 Å². The van der Waals surface area contributed by atoms with Gasteiger partial charge in [-0.05, 0) is 54.0 Å². The SMILES string of the molecule is CCOCC.COc1cccc(NC(=O)c2cc(OC)c(OC)cc2Br)c1. The molecule has 0 aliphatic carbocycles. The van der Waals surface area contributed by atoms with Crippen LogP contribution >= 0.6 is 15.9 Å². The molecule has 1 amide bonds. The Hall–Kier alpha value is -2.25. The third kappa shape index (κ3) is 7.11. The topological polar surface area (TPSA) is 66.0 Å². The van der Waals surface area contributed by atoms with E-state index in [1.54, 1.807) is 44.6 Å². The predicted octanol–water partition coefficient (Wildman–Crippen LogP) is 4.77. The number of hydrogen-bond donors (Lipinski definition) is 1. The van der Waals surface area contributed by atoms with E-state index in [1.165, 1.54) is 7.11 Å². The highest BCUT2D eigenvalue weighted by molar-refractivity contribution is 9.10. The lowest BCUT2D eigenvalue weighted by molar-refractivity contribution is 0.102. The minimum atomic E-state index is -0.263. The number of halogens is 1. The smallest absolute Gasteiger partial charge is 0.256 e. The highest BCUT2D eigenvalue weighted by atomic mass is 79.9. The summed E-state index contributed by atoms with van der Waals surface area (Å²) < 4.78 is 21.0. The number of ether oxygens (including phenoxy) is 4. The molecule has 0 aliphatic rings. The summed E-state index contributed by atoms with van der Waals surface area (Å²) in [4.78, 5) is 12.4. The number of nitrogens with one attached hydrogen (secondary N) is 1. The number of rotatable bonds is 7. The van der Waals surface area contributed by atoms with Gasteiger partial charge < -0.3 is 24.3 Å². The molecule has 0 radical (unpaired) electrons. The molecule has 0 saturated carbocycles. The van der Waals surface area contributed by atoms with E-state index in [2.05, 4.69) is 21.2 Å². The van der Waals surface area contributed by atoms with Gasteiger partial charge in [-0.1, -0.05) is 6.07 Å². The number of carbonyl (C=O) groups excluding carboxylic acids is 1. The van der Waals surface area contributed by atoms with Crippen molar-refractivity contribution >= 4 is 27.5 Å². The van der Waals surface area contributed by atoms with Crippen LogP contribution in [0.5, 0.6) is 17.2 Å². The van der Waals surface area contributed by atoms with Crippen molar-refractivity contribution in [3.63, 3.8) is 0 Å². The Morgan fingerprint density at radius 1 is 0.963 bits per heavy atom. The molecule has 2 aromatic rings. The molecule has 27 heavy (non-hydrogen) atoms. The van der Waals surface area contributed by atoms with Crippen molar-refractivity contribution < 1.29 is 23.7 Å². The molecule has 2 rings (SSSR count). The van der Waals surface area contributed by atoms with Crippen LogP contribution in [-0.4, -0.2) is 40.5 Å². The van der Waals surface area contributed by atoms with Crippen LogP contribution in [0.25, 0.3) is 0 Å². The maximum absolute atomic E-state index is 12.4. The highest BCUT2D eigenvalue weighted by Gasteiger charge is 2.16. The van der Waals surface area contributed by atoms with Crippen molar-refractivity contribution in [3.05, 3.63) is 46.4 Å². The van der Waals surface area contributed by atoms with E-state index < -0.39 is 0 Å². The largest absolute Gasteiger partial charge is 0.497 e. The average molecular weight is 440 g/mol. The van der Waals surface area contributed by atoms with Crippen LogP contribution in [0.15, 0.2) is 40.9 Å². The van der Waals surface area contributed by atoms with Crippen molar-refractivity contribution in [1.82, 2.24) is 0 Å². The molecule has 148 valence electrons. The average Bonchev–Trinajstić information content (AvgIpc) is 2.68. The first-order chi connectivity index (χ1) is 13.0. The van der Waals surface area contributed by atoms with Crippen LogP contribution in [-0.2, 0) is 4.74 Å². The van der Waals surface area contributed by atoms with Crippen LogP contribution < -0.4 is 19.5 Å². The first-order valence-electron chi connectivity index (χ1n) is 8.45. The van der Waals surface area contributed by atoms with Crippen molar-refractivity contribution in [2.24, 2.45) is 0 Å². The molecule has 0 bridgehead atoms. The van der Waals surface area contributed by atoms with Crippen LogP contribution in [0.2, 0.25) is 0 Å². The van der Waals surface area contributed by atoms with Crippen molar-refractivity contribution in [2.75, 3.05) is 39.9 Å². The van der Waals surface area contributed by atoms with Crippen molar-refractivity contribution in [2.45, 2.75) is 13.8 Å². The minimum absolute atomic E-state index is 0.263. The van der Waals surface area contributed by atoms with E-state index in [4.69, 9.17) is 18.9 Å². The molecule has 0 spiro atoms. The third-order valence-electron chi connectivity index (χ3n) is 3.45. The summed E-state index contributed by atoms with van der Waals surface area (Å²) in [5.41, 5.74) is 1.09. The number of hydrogen-bond acceptors (Lipinski definition) is 5. The minimum Gasteiger partial charge on any atom is -0.497 e. The lowest BCUT2D eigenvalue weighted by Crippen LogP contribution is -2.13. The molecule has 0 fully saturated rings. The fraction of sp³-hybridized carbons (Fsp3) is 0.350. The number of anilines is 1. The van der Waals surface area contributed by atoms with Gasteiger partial charge in [-0.2, -0.15) is 0 Å². The second-order valence-corrected chi connectivity index (χ2v) is 6.01. The zero-order valence-corrected chi connectivity index (χ0v) is 17.9. The van der Waals surface area contributed by atoms with E-state index >= 15 is 0 Å². The first-order valence-corrected chi connectivity index (χ1v) is 9.24. The van der Waals surface area contributed by atoms with Gasteiger partial charge in [0.2, 0.25) is 0 Å². The molecule has 2 aromatic carbocycles. The van der Waals surface area contributed by atoms with Crippen LogP contribution in [0, 0.1) is 0 Å².